The lowest BCUT2D eigenvalue weighted by atomic mass is 9.81. The van der Waals surface area contributed by atoms with Crippen molar-refractivity contribution in [2.24, 2.45) is 0 Å². The van der Waals surface area contributed by atoms with Crippen molar-refractivity contribution in [2.75, 3.05) is 0 Å². The number of benzene rings is 3. The molecule has 0 aliphatic carbocycles. The van der Waals surface area contributed by atoms with E-state index in [0.717, 1.165) is 24.3 Å². The first-order valence-electron chi connectivity index (χ1n) is 11.4. The van der Waals surface area contributed by atoms with Gasteiger partial charge < -0.3 is 19.6 Å². The second-order valence-electron chi connectivity index (χ2n) is 8.01. The molecule has 0 fully saturated rings. The van der Waals surface area contributed by atoms with E-state index in [1.54, 1.807) is 30.3 Å². The van der Waals surface area contributed by atoms with Gasteiger partial charge in [-0.3, -0.25) is 0 Å². The highest BCUT2D eigenvalue weighted by atomic mass is 19.4. The average Bonchev–Trinajstić information content (AvgIpc) is 2.86. The molecule has 2 amide bonds. The quantitative estimate of drug-likeness (QED) is 0.244. The Labute approximate surface area is 218 Å². The first-order chi connectivity index (χ1) is 18.3. The second kappa shape index (κ2) is 12.4. The minimum atomic E-state index is -5.01. The smallest absolute Gasteiger partial charge is 0.406 e. The molecule has 0 saturated heterocycles. The summed E-state index contributed by atoms with van der Waals surface area (Å²) in [4.78, 5) is 28.8. The van der Waals surface area contributed by atoms with Crippen LogP contribution >= 0.6 is 0 Å². The molecule has 0 aliphatic rings. The number of hydrogen-bond donors (Lipinski definition) is 2. The molecule has 2 N–H and O–H groups in total. The van der Waals surface area contributed by atoms with Crippen LogP contribution in [0.1, 0.15) is 42.0 Å². The van der Waals surface area contributed by atoms with Crippen molar-refractivity contribution >= 4 is 12.0 Å². The summed E-state index contributed by atoms with van der Waals surface area (Å²) in [5.74, 6) is -2.98. The van der Waals surface area contributed by atoms with E-state index in [1.165, 1.54) is 31.2 Å². The molecule has 39 heavy (non-hydrogen) atoms. The van der Waals surface area contributed by atoms with Gasteiger partial charge in [0.25, 0.3) is 0 Å². The van der Waals surface area contributed by atoms with Crippen molar-refractivity contribution in [2.45, 2.75) is 38.0 Å². The van der Waals surface area contributed by atoms with Crippen LogP contribution in [0.2, 0.25) is 0 Å². The van der Waals surface area contributed by atoms with Gasteiger partial charge in [0, 0.05) is 12.3 Å². The number of carbonyl (C=O) groups is 2. The van der Waals surface area contributed by atoms with Gasteiger partial charge in [0.2, 0.25) is 0 Å². The highest BCUT2D eigenvalue weighted by Crippen LogP contribution is 2.40. The van der Waals surface area contributed by atoms with Crippen LogP contribution in [0.25, 0.3) is 0 Å². The number of halogens is 6. The summed E-state index contributed by atoms with van der Waals surface area (Å²) in [6, 6.07) is 15.7. The SMILES string of the molecule is CCC(=O)ONC(=O)NC(c1ccccc1)C(c1cccc(OC(F)(F)F)c1)c1cccc(OC(F)(F)F)c1. The van der Waals surface area contributed by atoms with Gasteiger partial charge in [-0.25, -0.2) is 9.59 Å². The predicted molar refractivity (Wildman–Crippen MR) is 125 cm³/mol. The van der Waals surface area contributed by atoms with E-state index < -0.39 is 48.2 Å². The Morgan fingerprint density at radius 3 is 1.69 bits per heavy atom. The summed E-state index contributed by atoms with van der Waals surface area (Å²) in [7, 11) is 0. The minimum absolute atomic E-state index is 0.0387. The standard InChI is InChI=1S/C26H22F6N2O5/c1-2-21(35)39-34-24(36)33-23(16-8-4-3-5-9-16)22(17-10-6-12-19(14-17)37-25(27,28)29)18-11-7-13-20(15-18)38-26(30,31)32/h3-15,22-23H,2H2,1H3,(H2,33,34,36). The van der Waals surface area contributed by atoms with Crippen LogP contribution in [0.4, 0.5) is 31.1 Å². The van der Waals surface area contributed by atoms with Crippen molar-refractivity contribution in [1.29, 1.82) is 0 Å². The Morgan fingerprint density at radius 1 is 0.744 bits per heavy atom. The fourth-order valence-corrected chi connectivity index (χ4v) is 3.75. The van der Waals surface area contributed by atoms with Gasteiger partial charge >= 0.3 is 24.7 Å². The third-order valence-corrected chi connectivity index (χ3v) is 5.23. The van der Waals surface area contributed by atoms with Crippen molar-refractivity contribution in [1.82, 2.24) is 10.8 Å². The van der Waals surface area contributed by atoms with Gasteiger partial charge in [0.15, 0.2) is 0 Å². The summed E-state index contributed by atoms with van der Waals surface area (Å²) in [5, 5.41) is 2.59. The molecular formula is C26H22F6N2O5. The van der Waals surface area contributed by atoms with Crippen LogP contribution in [0.15, 0.2) is 78.9 Å². The molecule has 3 aromatic carbocycles. The fourth-order valence-electron chi connectivity index (χ4n) is 3.75. The molecule has 7 nitrogen and oxygen atoms in total. The van der Waals surface area contributed by atoms with Crippen LogP contribution in [0, 0.1) is 0 Å². The molecule has 0 saturated carbocycles. The monoisotopic (exact) mass is 556 g/mol. The van der Waals surface area contributed by atoms with E-state index in [4.69, 9.17) is 0 Å². The zero-order valence-electron chi connectivity index (χ0n) is 20.2. The first kappa shape index (κ1) is 29.1. The van der Waals surface area contributed by atoms with Crippen LogP contribution in [-0.4, -0.2) is 24.7 Å². The molecule has 0 radical (unpaired) electrons. The highest BCUT2D eigenvalue weighted by Gasteiger charge is 2.34. The number of ether oxygens (including phenoxy) is 2. The Kier molecular flexibility index (Phi) is 9.28. The number of urea groups is 1. The first-order valence-corrected chi connectivity index (χ1v) is 11.4. The minimum Gasteiger partial charge on any atom is -0.406 e. The molecule has 208 valence electrons. The van der Waals surface area contributed by atoms with E-state index in [2.05, 4.69) is 19.6 Å². The number of hydrogen-bond acceptors (Lipinski definition) is 5. The molecule has 0 bridgehead atoms. The molecular weight excluding hydrogens is 534 g/mol. The van der Waals surface area contributed by atoms with Gasteiger partial charge in [-0.1, -0.05) is 61.5 Å². The Balaban J connectivity index is 2.13. The molecule has 13 heteroatoms. The largest absolute Gasteiger partial charge is 0.573 e. The second-order valence-corrected chi connectivity index (χ2v) is 8.01. The normalized spacial score (nSPS) is 12.4. The summed E-state index contributed by atoms with van der Waals surface area (Å²) >= 11 is 0. The fraction of sp³-hybridized carbons (Fsp3) is 0.231. The summed E-state index contributed by atoms with van der Waals surface area (Å²) in [6.07, 6.45) is -10.0. The number of hydroxylamine groups is 1. The third-order valence-electron chi connectivity index (χ3n) is 5.23. The lowest BCUT2D eigenvalue weighted by molar-refractivity contribution is -0.275. The van der Waals surface area contributed by atoms with Gasteiger partial charge in [-0.15, -0.1) is 26.3 Å². The molecule has 1 unspecified atom stereocenters. The molecule has 0 heterocycles. The lowest BCUT2D eigenvalue weighted by Crippen LogP contribution is -2.41. The zero-order chi connectivity index (χ0) is 28.6. The van der Waals surface area contributed by atoms with Crippen molar-refractivity contribution in [3.05, 3.63) is 95.6 Å². The number of amides is 2. The number of nitrogens with one attached hydrogen (secondary N) is 2. The number of carbonyl (C=O) groups excluding carboxylic acids is 2. The summed E-state index contributed by atoms with van der Waals surface area (Å²) < 4.78 is 85.6. The molecule has 3 aromatic rings. The van der Waals surface area contributed by atoms with E-state index in [-0.39, 0.29) is 17.5 Å². The highest BCUT2D eigenvalue weighted by molar-refractivity contribution is 5.77. The number of rotatable bonds is 8. The topological polar surface area (TPSA) is 85.9 Å². The molecule has 1 atom stereocenters. The van der Waals surface area contributed by atoms with Gasteiger partial charge in [-0.05, 0) is 41.0 Å². The van der Waals surface area contributed by atoms with Crippen molar-refractivity contribution in [3.8, 4) is 11.5 Å². The Morgan fingerprint density at radius 2 is 1.23 bits per heavy atom. The number of alkyl halides is 6. The maximum Gasteiger partial charge on any atom is 0.573 e. The van der Waals surface area contributed by atoms with Crippen LogP contribution < -0.4 is 20.3 Å². The average molecular weight is 556 g/mol. The Hall–Kier alpha value is -4.42. The van der Waals surface area contributed by atoms with Crippen molar-refractivity contribution in [3.63, 3.8) is 0 Å². The van der Waals surface area contributed by atoms with Crippen LogP contribution in [0.5, 0.6) is 11.5 Å². The summed E-state index contributed by atoms with van der Waals surface area (Å²) in [6.45, 7) is 1.50. The van der Waals surface area contributed by atoms with Gasteiger partial charge in [-0.2, -0.15) is 5.48 Å². The van der Waals surface area contributed by atoms with E-state index in [9.17, 15) is 35.9 Å². The maximum absolute atomic E-state index is 12.9. The van der Waals surface area contributed by atoms with Crippen LogP contribution in [-0.2, 0) is 9.63 Å². The van der Waals surface area contributed by atoms with E-state index in [1.807, 2.05) is 5.48 Å². The predicted octanol–water partition coefficient (Wildman–Crippen LogP) is 6.52. The van der Waals surface area contributed by atoms with Gasteiger partial charge in [0.1, 0.15) is 11.5 Å². The summed E-state index contributed by atoms with van der Waals surface area (Å²) in [5.41, 5.74) is 2.67. The molecule has 3 rings (SSSR count). The van der Waals surface area contributed by atoms with Crippen molar-refractivity contribution < 1.29 is 50.2 Å². The van der Waals surface area contributed by atoms with Gasteiger partial charge in [0.05, 0.1) is 6.04 Å². The maximum atomic E-state index is 12.9. The lowest BCUT2D eigenvalue weighted by Gasteiger charge is -2.30. The zero-order valence-corrected chi connectivity index (χ0v) is 20.2. The van der Waals surface area contributed by atoms with E-state index >= 15 is 0 Å². The van der Waals surface area contributed by atoms with E-state index in [0.29, 0.717) is 5.56 Å². The van der Waals surface area contributed by atoms with Crippen LogP contribution in [0.3, 0.4) is 0 Å². The third kappa shape index (κ3) is 9.13. The molecule has 0 spiro atoms. The molecule has 0 aliphatic heterocycles. The molecule has 0 aromatic heterocycles. The Bertz CT molecular complexity index is 1210.